The molecule has 2 fully saturated rings. The summed E-state index contributed by atoms with van der Waals surface area (Å²) in [5.41, 5.74) is 8.32. The molecule has 0 spiro atoms. The zero-order valence-corrected chi connectivity index (χ0v) is 10.9. The molecule has 1 amide bonds. The van der Waals surface area contributed by atoms with E-state index in [0.717, 1.165) is 30.5 Å². The molecule has 3 heteroatoms. The SMILES string of the molecule is Cc1cccc(C(=O)N2CC3CCCC3C2)c1N. The van der Waals surface area contributed by atoms with Gasteiger partial charge in [0.1, 0.15) is 0 Å². The molecule has 3 rings (SSSR count). The Bertz CT molecular complexity index is 471. The standard InChI is InChI=1S/C15H20N2O/c1-10-4-2-7-13(14(10)16)15(18)17-8-11-5-3-6-12(11)9-17/h2,4,7,11-12H,3,5-6,8-9,16H2,1H3. The van der Waals surface area contributed by atoms with Gasteiger partial charge < -0.3 is 10.6 Å². The van der Waals surface area contributed by atoms with Gasteiger partial charge in [0.05, 0.1) is 5.56 Å². The number of fused-ring (bicyclic) bond motifs is 1. The van der Waals surface area contributed by atoms with Crippen LogP contribution in [0.2, 0.25) is 0 Å². The summed E-state index contributed by atoms with van der Waals surface area (Å²) in [6, 6.07) is 5.71. The number of rotatable bonds is 1. The molecule has 1 aliphatic heterocycles. The number of hydrogen-bond acceptors (Lipinski definition) is 2. The maximum Gasteiger partial charge on any atom is 0.255 e. The van der Waals surface area contributed by atoms with Crippen LogP contribution < -0.4 is 5.73 Å². The lowest BCUT2D eigenvalue weighted by atomic mass is 10.0. The van der Waals surface area contributed by atoms with E-state index >= 15 is 0 Å². The van der Waals surface area contributed by atoms with Crippen molar-refractivity contribution in [2.45, 2.75) is 26.2 Å². The fourth-order valence-corrected chi connectivity index (χ4v) is 3.44. The Morgan fingerprint density at radius 2 is 1.94 bits per heavy atom. The molecule has 1 aliphatic carbocycles. The van der Waals surface area contributed by atoms with E-state index in [1.165, 1.54) is 19.3 Å². The molecule has 0 bridgehead atoms. The second-order valence-corrected chi connectivity index (χ2v) is 5.70. The first-order valence-electron chi connectivity index (χ1n) is 6.81. The number of amides is 1. The summed E-state index contributed by atoms with van der Waals surface area (Å²) in [5.74, 6) is 1.59. The Hall–Kier alpha value is -1.51. The fraction of sp³-hybridized carbons (Fsp3) is 0.533. The number of nitrogen functional groups attached to an aromatic ring is 1. The zero-order chi connectivity index (χ0) is 12.7. The third-order valence-electron chi connectivity index (χ3n) is 4.57. The van der Waals surface area contributed by atoms with Gasteiger partial charge in [-0.1, -0.05) is 18.6 Å². The highest BCUT2D eigenvalue weighted by molar-refractivity contribution is 5.99. The van der Waals surface area contributed by atoms with Crippen molar-refractivity contribution in [3.63, 3.8) is 0 Å². The maximum absolute atomic E-state index is 12.5. The lowest BCUT2D eigenvalue weighted by Gasteiger charge is -2.19. The van der Waals surface area contributed by atoms with Crippen molar-refractivity contribution in [3.05, 3.63) is 29.3 Å². The molecule has 2 N–H and O–H groups in total. The van der Waals surface area contributed by atoms with Crippen LogP contribution in [0.3, 0.4) is 0 Å². The Kier molecular flexibility index (Phi) is 2.77. The van der Waals surface area contributed by atoms with Gasteiger partial charge in [-0.15, -0.1) is 0 Å². The van der Waals surface area contributed by atoms with Crippen molar-refractivity contribution in [3.8, 4) is 0 Å². The molecule has 2 aliphatic rings. The minimum Gasteiger partial charge on any atom is -0.398 e. The summed E-state index contributed by atoms with van der Waals surface area (Å²) in [6.07, 6.45) is 3.92. The van der Waals surface area contributed by atoms with Crippen LogP contribution in [0, 0.1) is 18.8 Å². The molecule has 1 heterocycles. The summed E-state index contributed by atoms with van der Waals surface area (Å²) >= 11 is 0. The second kappa shape index (κ2) is 4.30. The summed E-state index contributed by atoms with van der Waals surface area (Å²) in [6.45, 7) is 3.80. The normalized spacial score (nSPS) is 26.4. The quantitative estimate of drug-likeness (QED) is 0.771. The van der Waals surface area contributed by atoms with E-state index in [1.807, 2.05) is 30.0 Å². The first-order valence-corrected chi connectivity index (χ1v) is 6.81. The third kappa shape index (κ3) is 1.78. The van der Waals surface area contributed by atoms with Crippen LogP contribution in [0.25, 0.3) is 0 Å². The van der Waals surface area contributed by atoms with Crippen molar-refractivity contribution >= 4 is 11.6 Å². The smallest absolute Gasteiger partial charge is 0.255 e. The molecular weight excluding hydrogens is 224 g/mol. The topological polar surface area (TPSA) is 46.3 Å². The first-order chi connectivity index (χ1) is 8.66. The average molecular weight is 244 g/mol. The summed E-state index contributed by atoms with van der Waals surface area (Å²) in [5, 5.41) is 0. The maximum atomic E-state index is 12.5. The third-order valence-corrected chi connectivity index (χ3v) is 4.57. The van der Waals surface area contributed by atoms with Crippen LogP contribution in [0.15, 0.2) is 18.2 Å². The molecule has 1 aromatic rings. The summed E-state index contributed by atoms with van der Waals surface area (Å²) in [7, 11) is 0. The predicted octanol–water partition coefficient (Wildman–Crippen LogP) is 2.45. The number of benzene rings is 1. The molecule has 18 heavy (non-hydrogen) atoms. The number of para-hydroxylation sites is 1. The number of hydrogen-bond donors (Lipinski definition) is 1. The lowest BCUT2D eigenvalue weighted by molar-refractivity contribution is 0.0781. The molecule has 0 radical (unpaired) electrons. The largest absolute Gasteiger partial charge is 0.398 e. The molecule has 2 unspecified atom stereocenters. The fourth-order valence-electron chi connectivity index (χ4n) is 3.44. The average Bonchev–Trinajstić information content (AvgIpc) is 2.92. The van der Waals surface area contributed by atoms with Gasteiger partial charge in [0.15, 0.2) is 0 Å². The van der Waals surface area contributed by atoms with Gasteiger partial charge in [0.2, 0.25) is 0 Å². The minimum atomic E-state index is 0.116. The molecule has 3 nitrogen and oxygen atoms in total. The van der Waals surface area contributed by atoms with Crippen LogP contribution in [-0.2, 0) is 0 Å². The van der Waals surface area contributed by atoms with Crippen molar-refractivity contribution < 1.29 is 4.79 Å². The second-order valence-electron chi connectivity index (χ2n) is 5.70. The summed E-state index contributed by atoms with van der Waals surface area (Å²) < 4.78 is 0. The molecule has 2 atom stereocenters. The first kappa shape index (κ1) is 11.6. The number of carbonyl (C=O) groups excluding carboxylic acids is 1. The van der Waals surface area contributed by atoms with Gasteiger partial charge in [-0.3, -0.25) is 4.79 Å². The van der Waals surface area contributed by atoms with Crippen LogP contribution in [0.5, 0.6) is 0 Å². The van der Waals surface area contributed by atoms with Gasteiger partial charge in [-0.25, -0.2) is 0 Å². The number of nitrogens with zero attached hydrogens (tertiary/aromatic N) is 1. The van der Waals surface area contributed by atoms with Gasteiger partial charge in [0, 0.05) is 18.8 Å². The molecule has 1 aromatic carbocycles. The number of nitrogens with two attached hydrogens (primary N) is 1. The highest BCUT2D eigenvalue weighted by atomic mass is 16.2. The van der Waals surface area contributed by atoms with Crippen molar-refractivity contribution in [2.24, 2.45) is 11.8 Å². The molecule has 96 valence electrons. The number of carbonyl (C=O) groups is 1. The van der Waals surface area contributed by atoms with E-state index in [0.29, 0.717) is 11.3 Å². The van der Waals surface area contributed by atoms with Gasteiger partial charge in [0.25, 0.3) is 5.91 Å². The Morgan fingerprint density at radius 3 is 2.61 bits per heavy atom. The van der Waals surface area contributed by atoms with Crippen molar-refractivity contribution in [1.29, 1.82) is 0 Å². The van der Waals surface area contributed by atoms with Crippen LogP contribution >= 0.6 is 0 Å². The van der Waals surface area contributed by atoms with E-state index in [-0.39, 0.29) is 5.91 Å². The summed E-state index contributed by atoms with van der Waals surface area (Å²) in [4.78, 5) is 14.5. The minimum absolute atomic E-state index is 0.116. The van der Waals surface area contributed by atoms with Crippen LogP contribution in [0.4, 0.5) is 5.69 Å². The van der Waals surface area contributed by atoms with Crippen LogP contribution in [0.1, 0.15) is 35.2 Å². The van der Waals surface area contributed by atoms with E-state index in [1.54, 1.807) is 0 Å². The van der Waals surface area contributed by atoms with Crippen molar-refractivity contribution in [2.75, 3.05) is 18.8 Å². The van der Waals surface area contributed by atoms with E-state index in [4.69, 9.17) is 5.73 Å². The number of likely N-dealkylation sites (tertiary alicyclic amines) is 1. The lowest BCUT2D eigenvalue weighted by Crippen LogP contribution is -2.30. The van der Waals surface area contributed by atoms with Crippen molar-refractivity contribution in [1.82, 2.24) is 4.90 Å². The molecule has 0 aromatic heterocycles. The Labute approximate surface area is 108 Å². The number of anilines is 1. The predicted molar refractivity (Wildman–Crippen MR) is 72.3 cm³/mol. The molecular formula is C15H20N2O. The van der Waals surface area contributed by atoms with Gasteiger partial charge in [-0.2, -0.15) is 0 Å². The monoisotopic (exact) mass is 244 g/mol. The molecule has 1 saturated heterocycles. The van der Waals surface area contributed by atoms with Crippen LogP contribution in [-0.4, -0.2) is 23.9 Å². The highest BCUT2D eigenvalue weighted by Crippen LogP contribution is 2.38. The Morgan fingerprint density at radius 1 is 1.28 bits per heavy atom. The van der Waals surface area contributed by atoms with E-state index in [2.05, 4.69) is 0 Å². The molecule has 1 saturated carbocycles. The highest BCUT2D eigenvalue weighted by Gasteiger charge is 2.38. The zero-order valence-electron chi connectivity index (χ0n) is 10.9. The van der Waals surface area contributed by atoms with E-state index in [9.17, 15) is 4.79 Å². The van der Waals surface area contributed by atoms with Gasteiger partial charge >= 0.3 is 0 Å². The van der Waals surface area contributed by atoms with Gasteiger partial charge in [-0.05, 0) is 43.2 Å². The van der Waals surface area contributed by atoms with E-state index < -0.39 is 0 Å². The number of aryl methyl sites for hydroxylation is 1. The Balaban J connectivity index is 1.81.